The molecule has 0 N–H and O–H groups in total. The molecule has 0 bridgehead atoms. The lowest BCUT2D eigenvalue weighted by Gasteiger charge is -2.28. The van der Waals surface area contributed by atoms with Gasteiger partial charge < -0.3 is 4.90 Å². The van der Waals surface area contributed by atoms with Crippen LogP contribution in [0.15, 0.2) is 23.4 Å². The first-order chi connectivity index (χ1) is 8.66. The minimum absolute atomic E-state index is 0.0863. The van der Waals surface area contributed by atoms with Crippen molar-refractivity contribution in [1.29, 1.82) is 0 Å². The van der Waals surface area contributed by atoms with E-state index in [-0.39, 0.29) is 11.2 Å². The number of amides is 1. The number of halogens is 1. The quantitative estimate of drug-likeness (QED) is 0.799. The Balaban J connectivity index is 1.92. The molecule has 1 amide bonds. The summed E-state index contributed by atoms with van der Waals surface area (Å²) in [7, 11) is 0. The predicted molar refractivity (Wildman–Crippen MR) is 75.0 cm³/mol. The minimum atomic E-state index is -0.0863. The molecule has 0 radical (unpaired) electrons. The number of likely N-dealkylation sites (tertiary alicyclic amines) is 1. The summed E-state index contributed by atoms with van der Waals surface area (Å²) in [5, 5.41) is 1.38. The Morgan fingerprint density at radius 3 is 2.72 bits per heavy atom. The zero-order chi connectivity index (χ0) is 13.0. The van der Waals surface area contributed by atoms with Gasteiger partial charge in [-0.2, -0.15) is 0 Å². The molecule has 1 fully saturated rings. The highest BCUT2D eigenvalue weighted by atomic mass is 35.5. The Bertz CT molecular complexity index is 404. The maximum absolute atomic E-state index is 12.2. The van der Waals surface area contributed by atoms with Crippen molar-refractivity contribution >= 4 is 29.3 Å². The number of piperidine rings is 1. The fourth-order valence-electron chi connectivity index (χ4n) is 2.03. The smallest absolute Gasteiger partial charge is 0.235 e. The van der Waals surface area contributed by atoms with Gasteiger partial charge in [0, 0.05) is 19.3 Å². The normalized spacial score (nSPS) is 17.6. The van der Waals surface area contributed by atoms with E-state index in [4.69, 9.17) is 11.6 Å². The third kappa shape index (κ3) is 3.62. The van der Waals surface area contributed by atoms with Crippen molar-refractivity contribution in [1.82, 2.24) is 9.88 Å². The van der Waals surface area contributed by atoms with Gasteiger partial charge in [-0.1, -0.05) is 23.4 Å². The van der Waals surface area contributed by atoms with E-state index < -0.39 is 0 Å². The van der Waals surface area contributed by atoms with E-state index in [1.165, 1.54) is 18.2 Å². The second kappa shape index (κ2) is 6.43. The highest BCUT2D eigenvalue weighted by molar-refractivity contribution is 8.00. The molecular formula is C13H17ClN2OS. The van der Waals surface area contributed by atoms with Crippen LogP contribution in [0.4, 0.5) is 0 Å². The molecule has 5 heteroatoms. The average Bonchev–Trinajstić information content (AvgIpc) is 2.41. The van der Waals surface area contributed by atoms with Crippen LogP contribution < -0.4 is 0 Å². The van der Waals surface area contributed by atoms with Crippen LogP contribution in [-0.2, 0) is 4.79 Å². The van der Waals surface area contributed by atoms with Crippen LogP contribution in [0.1, 0.15) is 26.2 Å². The molecule has 1 saturated heterocycles. The molecule has 98 valence electrons. The number of hydrogen-bond acceptors (Lipinski definition) is 3. The number of hydrogen-bond donors (Lipinski definition) is 0. The van der Waals surface area contributed by atoms with E-state index in [9.17, 15) is 4.79 Å². The molecule has 0 spiro atoms. The highest BCUT2D eigenvalue weighted by Crippen LogP contribution is 2.24. The number of carbonyl (C=O) groups excluding carboxylic acids is 1. The van der Waals surface area contributed by atoms with Gasteiger partial charge in [-0.25, -0.2) is 4.98 Å². The third-order valence-electron chi connectivity index (χ3n) is 3.01. The predicted octanol–water partition coefficient (Wildman–Crippen LogP) is 3.23. The molecule has 18 heavy (non-hydrogen) atoms. The van der Waals surface area contributed by atoms with E-state index in [0.717, 1.165) is 31.0 Å². The molecule has 1 atom stereocenters. The fourth-order valence-corrected chi connectivity index (χ4v) is 3.02. The Labute approximate surface area is 117 Å². The van der Waals surface area contributed by atoms with E-state index in [0.29, 0.717) is 5.02 Å². The number of aromatic nitrogens is 1. The molecule has 2 rings (SSSR count). The molecule has 1 unspecified atom stereocenters. The lowest BCUT2D eigenvalue weighted by atomic mass is 10.1. The fraction of sp³-hybridized carbons (Fsp3) is 0.538. The molecule has 0 aromatic carbocycles. The second-order valence-electron chi connectivity index (χ2n) is 4.46. The van der Waals surface area contributed by atoms with E-state index >= 15 is 0 Å². The minimum Gasteiger partial charge on any atom is -0.342 e. The summed E-state index contributed by atoms with van der Waals surface area (Å²) in [5.41, 5.74) is 0. The molecular weight excluding hydrogens is 268 g/mol. The van der Waals surface area contributed by atoms with Gasteiger partial charge in [-0.05, 0) is 38.3 Å². The summed E-state index contributed by atoms with van der Waals surface area (Å²) < 4.78 is 0. The lowest BCUT2D eigenvalue weighted by Crippen LogP contribution is -2.40. The van der Waals surface area contributed by atoms with Crippen LogP contribution in [0, 0.1) is 0 Å². The molecule has 1 aromatic heterocycles. The first-order valence-corrected chi connectivity index (χ1v) is 7.49. The summed E-state index contributed by atoms with van der Waals surface area (Å²) in [6.45, 7) is 3.74. The van der Waals surface area contributed by atoms with Crippen LogP contribution in [0.5, 0.6) is 0 Å². The molecule has 1 aromatic rings. The van der Waals surface area contributed by atoms with Crippen molar-refractivity contribution in [2.24, 2.45) is 0 Å². The monoisotopic (exact) mass is 284 g/mol. The van der Waals surface area contributed by atoms with Gasteiger partial charge in [-0.15, -0.1) is 0 Å². The summed E-state index contributed by atoms with van der Waals surface area (Å²) in [5.74, 6) is 0.219. The van der Waals surface area contributed by atoms with Gasteiger partial charge in [0.15, 0.2) is 0 Å². The Morgan fingerprint density at radius 1 is 1.39 bits per heavy atom. The van der Waals surface area contributed by atoms with Gasteiger partial charge in [0.1, 0.15) is 0 Å². The van der Waals surface area contributed by atoms with Crippen LogP contribution in [0.3, 0.4) is 0 Å². The largest absolute Gasteiger partial charge is 0.342 e. The van der Waals surface area contributed by atoms with Gasteiger partial charge in [0.05, 0.1) is 15.3 Å². The summed E-state index contributed by atoms with van der Waals surface area (Å²) in [4.78, 5) is 18.4. The maximum Gasteiger partial charge on any atom is 0.235 e. The summed E-state index contributed by atoms with van der Waals surface area (Å²) >= 11 is 7.28. The zero-order valence-corrected chi connectivity index (χ0v) is 12.0. The first-order valence-electron chi connectivity index (χ1n) is 6.24. The molecule has 0 saturated carbocycles. The van der Waals surface area contributed by atoms with Crippen LogP contribution in [0.2, 0.25) is 5.02 Å². The van der Waals surface area contributed by atoms with Crippen molar-refractivity contribution in [3.8, 4) is 0 Å². The third-order valence-corrected chi connectivity index (χ3v) is 4.28. The average molecular weight is 285 g/mol. The van der Waals surface area contributed by atoms with Crippen LogP contribution >= 0.6 is 23.4 Å². The zero-order valence-electron chi connectivity index (χ0n) is 10.4. The van der Waals surface area contributed by atoms with E-state index in [1.807, 2.05) is 17.9 Å². The summed E-state index contributed by atoms with van der Waals surface area (Å²) in [6, 6.07) is 3.65. The number of carbonyl (C=O) groups is 1. The number of thioether (sulfide) groups is 1. The molecule has 0 aliphatic carbocycles. The van der Waals surface area contributed by atoms with Crippen molar-refractivity contribution < 1.29 is 4.79 Å². The molecule has 1 aliphatic rings. The Kier molecular flexibility index (Phi) is 4.89. The van der Waals surface area contributed by atoms with Gasteiger partial charge >= 0.3 is 0 Å². The van der Waals surface area contributed by atoms with Crippen LogP contribution in [-0.4, -0.2) is 34.1 Å². The molecule has 2 heterocycles. The van der Waals surface area contributed by atoms with Gasteiger partial charge in [0.25, 0.3) is 0 Å². The van der Waals surface area contributed by atoms with E-state index in [2.05, 4.69) is 4.98 Å². The van der Waals surface area contributed by atoms with Crippen molar-refractivity contribution in [2.45, 2.75) is 36.5 Å². The number of rotatable bonds is 3. The van der Waals surface area contributed by atoms with Gasteiger partial charge in [-0.3, -0.25) is 4.79 Å². The molecule has 1 aliphatic heterocycles. The van der Waals surface area contributed by atoms with E-state index in [1.54, 1.807) is 12.3 Å². The lowest BCUT2D eigenvalue weighted by molar-refractivity contribution is -0.131. The second-order valence-corrected chi connectivity index (χ2v) is 6.26. The highest BCUT2D eigenvalue weighted by Gasteiger charge is 2.23. The Morgan fingerprint density at radius 2 is 2.11 bits per heavy atom. The van der Waals surface area contributed by atoms with Crippen molar-refractivity contribution in [3.05, 3.63) is 23.4 Å². The first kappa shape index (κ1) is 13.7. The van der Waals surface area contributed by atoms with Crippen molar-refractivity contribution in [2.75, 3.05) is 13.1 Å². The Hall–Kier alpha value is -0.740. The van der Waals surface area contributed by atoms with Crippen molar-refractivity contribution in [3.63, 3.8) is 0 Å². The standard InChI is InChI=1S/C13H17ClN2OS/c1-10(13(17)16-7-3-2-4-8-16)18-12-6-5-11(14)9-15-12/h5-6,9-10H,2-4,7-8H2,1H3. The van der Waals surface area contributed by atoms with Gasteiger partial charge in [0.2, 0.25) is 5.91 Å². The number of pyridine rings is 1. The maximum atomic E-state index is 12.2. The SMILES string of the molecule is CC(Sc1ccc(Cl)cn1)C(=O)N1CCCCC1. The topological polar surface area (TPSA) is 33.2 Å². The molecule has 3 nitrogen and oxygen atoms in total. The van der Waals surface area contributed by atoms with Crippen LogP contribution in [0.25, 0.3) is 0 Å². The number of nitrogens with zero attached hydrogens (tertiary/aromatic N) is 2. The summed E-state index contributed by atoms with van der Waals surface area (Å²) in [6.07, 6.45) is 5.11.